The summed E-state index contributed by atoms with van der Waals surface area (Å²) in [6.45, 7) is 9.06. The second kappa shape index (κ2) is 9.47. The van der Waals surface area contributed by atoms with Gasteiger partial charge in [-0.25, -0.2) is 0 Å². The first kappa shape index (κ1) is 24.3. The van der Waals surface area contributed by atoms with Crippen LogP contribution in [0.3, 0.4) is 0 Å². The predicted octanol–water partition coefficient (Wildman–Crippen LogP) is 8.20. The van der Waals surface area contributed by atoms with Crippen LogP contribution in [0.2, 0.25) is 0 Å². The van der Waals surface area contributed by atoms with Crippen LogP contribution in [0.5, 0.6) is 0 Å². The second-order valence-corrected chi connectivity index (χ2v) is 11.2. The van der Waals surface area contributed by atoms with E-state index in [0.717, 1.165) is 22.6 Å². The average molecular weight is 514 g/mol. The number of benzene rings is 6. The molecular weight excluding hydrogens is 482 g/mol. The summed E-state index contributed by atoms with van der Waals surface area (Å²) < 4.78 is 0. The third-order valence-electron chi connectivity index (χ3n) is 8.52. The van der Waals surface area contributed by atoms with E-state index in [1.165, 1.54) is 55.1 Å². The van der Waals surface area contributed by atoms with E-state index in [9.17, 15) is 0 Å². The van der Waals surface area contributed by atoms with Crippen LogP contribution in [-0.4, -0.2) is 5.71 Å². The van der Waals surface area contributed by atoms with E-state index < -0.39 is 0 Å². The topological polar surface area (TPSA) is 12.4 Å². The van der Waals surface area contributed by atoms with Gasteiger partial charge in [0.1, 0.15) is 0 Å². The molecule has 1 nitrogen and oxygen atoms in total. The normalized spacial score (nSPS) is 15.9. The van der Waals surface area contributed by atoms with Crippen molar-refractivity contribution >= 4 is 39.5 Å². The zero-order valence-corrected chi connectivity index (χ0v) is 23.0. The molecule has 0 heterocycles. The van der Waals surface area contributed by atoms with E-state index in [1.807, 2.05) is 0 Å². The SMILES string of the molecule is C=c1cccc/c1=C(/N=C1Cc2ccccc2C1(C)C)c1c2ccccc2c(-c2ccccc2)c2ccccc12. The molecule has 1 aliphatic rings. The van der Waals surface area contributed by atoms with E-state index in [-0.39, 0.29) is 5.41 Å². The maximum absolute atomic E-state index is 5.64. The highest BCUT2D eigenvalue weighted by atomic mass is 14.8. The van der Waals surface area contributed by atoms with Gasteiger partial charge in [-0.3, -0.25) is 4.99 Å². The molecule has 0 bridgehead atoms. The summed E-state index contributed by atoms with van der Waals surface area (Å²) in [6, 6.07) is 45.5. The first-order valence-corrected chi connectivity index (χ1v) is 14.0. The average Bonchev–Trinajstić information content (AvgIpc) is 3.24. The van der Waals surface area contributed by atoms with E-state index in [0.29, 0.717) is 0 Å². The van der Waals surface area contributed by atoms with Crippen molar-refractivity contribution in [1.29, 1.82) is 0 Å². The quantitative estimate of drug-likeness (QED) is 0.212. The molecule has 7 rings (SSSR count). The molecule has 1 aliphatic carbocycles. The van der Waals surface area contributed by atoms with Crippen molar-refractivity contribution in [3.8, 4) is 11.1 Å². The molecule has 0 amide bonds. The summed E-state index contributed by atoms with van der Waals surface area (Å²) >= 11 is 0. The van der Waals surface area contributed by atoms with Gasteiger partial charge in [0.05, 0.1) is 5.70 Å². The number of hydrogen-bond donors (Lipinski definition) is 0. The lowest BCUT2D eigenvalue weighted by atomic mass is 9.84. The van der Waals surface area contributed by atoms with Crippen molar-refractivity contribution in [2.45, 2.75) is 25.7 Å². The molecule has 192 valence electrons. The monoisotopic (exact) mass is 513 g/mol. The molecule has 0 saturated heterocycles. The van der Waals surface area contributed by atoms with Crippen molar-refractivity contribution in [3.63, 3.8) is 0 Å². The van der Waals surface area contributed by atoms with Gasteiger partial charge in [0.25, 0.3) is 0 Å². The van der Waals surface area contributed by atoms with Gasteiger partial charge < -0.3 is 0 Å². The Hall–Kier alpha value is -4.75. The predicted molar refractivity (Wildman–Crippen MR) is 171 cm³/mol. The lowest BCUT2D eigenvalue weighted by molar-refractivity contribution is 0.731. The summed E-state index contributed by atoms with van der Waals surface area (Å²) in [5, 5.41) is 6.93. The molecular formula is C39H31N. The Balaban J connectivity index is 1.64. The maximum Gasteiger partial charge on any atom is 0.0792 e. The van der Waals surface area contributed by atoms with Crippen LogP contribution in [-0.2, 0) is 11.8 Å². The van der Waals surface area contributed by atoms with E-state index in [4.69, 9.17) is 4.99 Å². The smallest absolute Gasteiger partial charge is 0.0792 e. The fourth-order valence-electron chi connectivity index (χ4n) is 6.46. The number of hydrogen-bond acceptors (Lipinski definition) is 1. The molecule has 0 radical (unpaired) electrons. The first-order valence-electron chi connectivity index (χ1n) is 14.0. The fourth-order valence-corrected chi connectivity index (χ4v) is 6.46. The lowest BCUT2D eigenvalue weighted by Crippen LogP contribution is -2.28. The Labute approximate surface area is 235 Å². The number of nitrogens with zero attached hydrogens (tertiary/aromatic N) is 1. The molecule has 0 saturated carbocycles. The van der Waals surface area contributed by atoms with Crippen molar-refractivity contribution in [1.82, 2.24) is 0 Å². The standard InChI is InChI=1S/C39H31N/c1-26-15-7-9-19-29(26)38(40-35-25-28-18-8-14-24-34(28)39(35,2)3)37-32-22-12-10-20-30(32)36(27-16-5-4-6-17-27)31-21-11-13-23-33(31)37/h4-24H,1,25H2,2-3H3/b38-29-,40-35?. The Bertz CT molecular complexity index is 2010. The third kappa shape index (κ3) is 3.81. The van der Waals surface area contributed by atoms with Gasteiger partial charge in [-0.05, 0) is 49.0 Å². The van der Waals surface area contributed by atoms with E-state index >= 15 is 0 Å². The second-order valence-electron chi connectivity index (χ2n) is 11.2. The third-order valence-corrected chi connectivity index (χ3v) is 8.52. The minimum Gasteiger partial charge on any atom is -0.255 e. The van der Waals surface area contributed by atoms with Gasteiger partial charge in [-0.1, -0.05) is 148 Å². The van der Waals surface area contributed by atoms with Crippen LogP contribution in [0.25, 0.3) is 44.9 Å². The molecule has 0 aromatic heterocycles. The molecule has 0 fully saturated rings. The van der Waals surface area contributed by atoms with Crippen molar-refractivity contribution in [3.05, 3.63) is 155 Å². The minimum absolute atomic E-state index is 0.159. The van der Waals surface area contributed by atoms with Crippen LogP contribution in [0.4, 0.5) is 0 Å². The largest absolute Gasteiger partial charge is 0.255 e. The molecule has 0 spiro atoms. The Kier molecular flexibility index (Phi) is 5.75. The minimum atomic E-state index is -0.159. The fraction of sp³-hybridized carbons (Fsp3) is 0.103. The molecule has 0 aliphatic heterocycles. The molecule has 0 unspecified atom stereocenters. The molecule has 1 heteroatoms. The highest BCUT2D eigenvalue weighted by Crippen LogP contribution is 2.43. The summed E-state index contributed by atoms with van der Waals surface area (Å²) in [6.07, 6.45) is 0.851. The number of aliphatic imine (C=N–C) groups is 1. The summed E-state index contributed by atoms with van der Waals surface area (Å²) in [5.41, 5.74) is 8.40. The van der Waals surface area contributed by atoms with E-state index in [1.54, 1.807) is 0 Å². The van der Waals surface area contributed by atoms with Gasteiger partial charge in [0.2, 0.25) is 0 Å². The Morgan fingerprint density at radius 2 is 1.18 bits per heavy atom. The van der Waals surface area contributed by atoms with Gasteiger partial charge in [0.15, 0.2) is 0 Å². The number of fused-ring (bicyclic) bond motifs is 3. The Morgan fingerprint density at radius 3 is 1.82 bits per heavy atom. The van der Waals surface area contributed by atoms with Gasteiger partial charge in [0, 0.05) is 28.3 Å². The van der Waals surface area contributed by atoms with Crippen molar-refractivity contribution in [2.24, 2.45) is 4.99 Å². The van der Waals surface area contributed by atoms with Crippen LogP contribution < -0.4 is 10.4 Å². The number of rotatable bonds is 3. The van der Waals surface area contributed by atoms with Crippen LogP contribution >= 0.6 is 0 Å². The van der Waals surface area contributed by atoms with Crippen LogP contribution in [0.15, 0.2) is 132 Å². The molecule has 6 aromatic carbocycles. The molecule has 6 aromatic rings. The van der Waals surface area contributed by atoms with E-state index in [2.05, 4.69) is 148 Å². The van der Waals surface area contributed by atoms with Crippen molar-refractivity contribution in [2.75, 3.05) is 0 Å². The summed E-state index contributed by atoms with van der Waals surface area (Å²) in [5.74, 6) is 0. The first-order chi connectivity index (χ1) is 19.5. The molecule has 0 N–H and O–H groups in total. The zero-order chi connectivity index (χ0) is 27.3. The highest BCUT2D eigenvalue weighted by Gasteiger charge is 2.36. The lowest BCUT2D eigenvalue weighted by Gasteiger charge is -2.22. The van der Waals surface area contributed by atoms with Crippen LogP contribution in [0.1, 0.15) is 30.5 Å². The van der Waals surface area contributed by atoms with Gasteiger partial charge in [-0.15, -0.1) is 0 Å². The van der Waals surface area contributed by atoms with Crippen LogP contribution in [0, 0.1) is 0 Å². The molecule has 0 atom stereocenters. The zero-order valence-electron chi connectivity index (χ0n) is 23.0. The maximum atomic E-state index is 5.64. The highest BCUT2D eigenvalue weighted by molar-refractivity contribution is 6.19. The van der Waals surface area contributed by atoms with Crippen molar-refractivity contribution < 1.29 is 0 Å². The Morgan fingerprint density at radius 1 is 0.625 bits per heavy atom. The summed E-state index contributed by atoms with van der Waals surface area (Å²) in [7, 11) is 0. The van der Waals surface area contributed by atoms with Gasteiger partial charge in [-0.2, -0.15) is 0 Å². The van der Waals surface area contributed by atoms with Gasteiger partial charge >= 0.3 is 0 Å². The molecule has 40 heavy (non-hydrogen) atoms. The summed E-state index contributed by atoms with van der Waals surface area (Å²) in [4.78, 5) is 5.64.